The first-order valence-electron chi connectivity index (χ1n) is 9.37. The highest BCUT2D eigenvalue weighted by molar-refractivity contribution is 6.05. The van der Waals surface area contributed by atoms with Crippen LogP contribution in [0, 0.1) is 5.92 Å². The average molecular weight is 395 g/mol. The summed E-state index contributed by atoms with van der Waals surface area (Å²) in [5, 5.41) is 19.6. The number of nitrogens with zero attached hydrogens (tertiary/aromatic N) is 4. The average Bonchev–Trinajstić information content (AvgIpc) is 3.26. The van der Waals surface area contributed by atoms with Crippen LogP contribution in [0.4, 0.5) is 5.95 Å². The molecule has 29 heavy (non-hydrogen) atoms. The minimum Gasteiger partial charge on any atom is -0.354 e. The SMILES string of the molecule is O=C(NO)c1cnc(NCC2CCN(C(=O)c3cccc4cn[nH]c34)CC2)nc1. The highest BCUT2D eigenvalue weighted by Gasteiger charge is 2.25. The number of H-pyrrole nitrogens is 1. The van der Waals surface area contributed by atoms with Crippen molar-refractivity contribution in [2.24, 2.45) is 5.92 Å². The molecule has 10 heteroatoms. The van der Waals surface area contributed by atoms with Crippen LogP contribution in [0.2, 0.25) is 0 Å². The molecule has 4 N–H and O–H groups in total. The molecule has 0 unspecified atom stereocenters. The van der Waals surface area contributed by atoms with Gasteiger partial charge in [0.25, 0.3) is 11.8 Å². The van der Waals surface area contributed by atoms with Crippen molar-refractivity contribution in [3.8, 4) is 0 Å². The van der Waals surface area contributed by atoms with Crippen molar-refractivity contribution in [3.63, 3.8) is 0 Å². The first-order valence-corrected chi connectivity index (χ1v) is 9.37. The molecular weight excluding hydrogens is 374 g/mol. The number of nitrogens with one attached hydrogen (secondary N) is 3. The summed E-state index contributed by atoms with van der Waals surface area (Å²) in [5.41, 5.74) is 3.14. The minimum atomic E-state index is -0.653. The predicted octanol–water partition coefficient (Wildman–Crippen LogP) is 1.44. The Kier molecular flexibility index (Phi) is 5.34. The summed E-state index contributed by atoms with van der Waals surface area (Å²) >= 11 is 0. The van der Waals surface area contributed by atoms with Gasteiger partial charge in [0.1, 0.15) is 0 Å². The number of hydrogen-bond donors (Lipinski definition) is 4. The number of carbonyl (C=O) groups excluding carboxylic acids is 2. The number of hydroxylamine groups is 1. The summed E-state index contributed by atoms with van der Waals surface area (Å²) in [7, 11) is 0. The Balaban J connectivity index is 1.30. The molecule has 0 radical (unpaired) electrons. The van der Waals surface area contributed by atoms with Gasteiger partial charge in [0.2, 0.25) is 5.95 Å². The van der Waals surface area contributed by atoms with E-state index in [2.05, 4.69) is 25.5 Å². The quantitative estimate of drug-likeness (QED) is 0.379. The van der Waals surface area contributed by atoms with Gasteiger partial charge in [-0.05, 0) is 24.8 Å². The van der Waals surface area contributed by atoms with E-state index < -0.39 is 5.91 Å². The molecule has 10 nitrogen and oxygen atoms in total. The van der Waals surface area contributed by atoms with Gasteiger partial charge in [-0.2, -0.15) is 5.10 Å². The van der Waals surface area contributed by atoms with E-state index in [0.717, 1.165) is 23.7 Å². The smallest absolute Gasteiger partial charge is 0.277 e. The Morgan fingerprint density at radius 3 is 2.66 bits per heavy atom. The maximum Gasteiger partial charge on any atom is 0.277 e. The van der Waals surface area contributed by atoms with Gasteiger partial charge in [-0.3, -0.25) is 19.9 Å². The van der Waals surface area contributed by atoms with E-state index in [9.17, 15) is 9.59 Å². The normalized spacial score (nSPS) is 14.7. The Morgan fingerprint density at radius 1 is 1.17 bits per heavy atom. The van der Waals surface area contributed by atoms with E-state index >= 15 is 0 Å². The van der Waals surface area contributed by atoms with Crippen LogP contribution in [0.5, 0.6) is 0 Å². The monoisotopic (exact) mass is 395 g/mol. The van der Waals surface area contributed by atoms with E-state index in [0.29, 0.717) is 37.1 Å². The number of likely N-dealkylation sites (tertiary alicyclic amines) is 1. The second-order valence-electron chi connectivity index (χ2n) is 6.99. The first kappa shape index (κ1) is 18.8. The third-order valence-corrected chi connectivity index (χ3v) is 5.17. The molecule has 2 aromatic heterocycles. The molecule has 0 spiro atoms. The van der Waals surface area contributed by atoms with E-state index in [4.69, 9.17) is 5.21 Å². The van der Waals surface area contributed by atoms with Gasteiger partial charge in [0.15, 0.2) is 0 Å². The van der Waals surface area contributed by atoms with Crippen molar-refractivity contribution >= 4 is 28.7 Å². The third-order valence-electron chi connectivity index (χ3n) is 5.17. The highest BCUT2D eigenvalue weighted by Crippen LogP contribution is 2.22. The molecule has 0 aliphatic carbocycles. The van der Waals surface area contributed by atoms with Gasteiger partial charge < -0.3 is 10.2 Å². The zero-order chi connectivity index (χ0) is 20.2. The van der Waals surface area contributed by atoms with E-state index in [1.807, 2.05) is 23.1 Å². The van der Waals surface area contributed by atoms with Gasteiger partial charge >= 0.3 is 0 Å². The van der Waals surface area contributed by atoms with Crippen LogP contribution >= 0.6 is 0 Å². The number of piperidine rings is 1. The molecule has 1 aliphatic heterocycles. The van der Waals surface area contributed by atoms with Crippen molar-refractivity contribution < 1.29 is 14.8 Å². The molecule has 1 fully saturated rings. The Bertz CT molecular complexity index is 1010. The first-order chi connectivity index (χ1) is 14.2. The second-order valence-corrected chi connectivity index (χ2v) is 6.99. The van der Waals surface area contributed by atoms with Crippen LogP contribution in [-0.2, 0) is 0 Å². The number of hydrogen-bond acceptors (Lipinski definition) is 7. The fourth-order valence-electron chi connectivity index (χ4n) is 3.49. The molecule has 3 aromatic rings. The van der Waals surface area contributed by atoms with Gasteiger partial charge in [0.05, 0.1) is 22.8 Å². The number of para-hydroxylation sites is 1. The fraction of sp³-hybridized carbons (Fsp3) is 0.316. The zero-order valence-electron chi connectivity index (χ0n) is 15.6. The van der Waals surface area contributed by atoms with Gasteiger partial charge in [-0.15, -0.1) is 0 Å². The van der Waals surface area contributed by atoms with Crippen LogP contribution in [-0.4, -0.2) is 61.7 Å². The van der Waals surface area contributed by atoms with Gasteiger partial charge in [-0.25, -0.2) is 15.4 Å². The molecule has 1 aromatic carbocycles. The molecule has 4 rings (SSSR count). The number of benzene rings is 1. The Labute approximate surface area is 166 Å². The Morgan fingerprint density at radius 2 is 1.93 bits per heavy atom. The van der Waals surface area contributed by atoms with E-state index in [1.165, 1.54) is 12.4 Å². The molecule has 2 amide bonds. The van der Waals surface area contributed by atoms with Gasteiger partial charge in [0, 0.05) is 37.4 Å². The molecule has 1 aliphatic rings. The standard InChI is InChI=1S/C19H21N7O3/c27-17(25-29)14-9-21-19(22-10-14)20-8-12-4-6-26(7-5-12)18(28)15-3-1-2-13-11-23-24-16(13)15/h1-3,9-12,29H,4-8H2,(H,23,24)(H,25,27)(H,20,21,22). The van der Waals surface area contributed by atoms with Gasteiger partial charge in [-0.1, -0.05) is 12.1 Å². The molecule has 0 atom stereocenters. The third kappa shape index (κ3) is 4.02. The van der Waals surface area contributed by atoms with Crippen molar-refractivity contribution in [2.45, 2.75) is 12.8 Å². The van der Waals surface area contributed by atoms with Crippen LogP contribution in [0.1, 0.15) is 33.6 Å². The molecule has 0 saturated carbocycles. The number of aromatic nitrogens is 4. The lowest BCUT2D eigenvalue weighted by Crippen LogP contribution is -2.40. The largest absolute Gasteiger partial charge is 0.354 e. The molecule has 1 saturated heterocycles. The lowest BCUT2D eigenvalue weighted by Gasteiger charge is -2.32. The molecule has 0 bridgehead atoms. The van der Waals surface area contributed by atoms with Crippen LogP contribution < -0.4 is 10.8 Å². The fourth-order valence-corrected chi connectivity index (χ4v) is 3.49. The van der Waals surface area contributed by atoms with Crippen LogP contribution in [0.25, 0.3) is 10.9 Å². The number of amides is 2. The van der Waals surface area contributed by atoms with Crippen LogP contribution in [0.15, 0.2) is 36.8 Å². The second kappa shape index (κ2) is 8.23. The summed E-state index contributed by atoms with van der Waals surface area (Å²) in [6, 6.07) is 5.63. The molecule has 3 heterocycles. The summed E-state index contributed by atoms with van der Waals surface area (Å²) in [5.74, 6) is 0.182. The highest BCUT2D eigenvalue weighted by atomic mass is 16.5. The lowest BCUT2D eigenvalue weighted by molar-refractivity contribution is 0.0693. The van der Waals surface area contributed by atoms with Crippen molar-refractivity contribution in [1.29, 1.82) is 0 Å². The molecule has 150 valence electrons. The van der Waals surface area contributed by atoms with Crippen molar-refractivity contribution in [3.05, 3.63) is 47.9 Å². The zero-order valence-corrected chi connectivity index (χ0v) is 15.6. The number of anilines is 1. The maximum atomic E-state index is 12.9. The number of carbonyl (C=O) groups is 2. The summed E-state index contributed by atoms with van der Waals surface area (Å²) < 4.78 is 0. The predicted molar refractivity (Wildman–Crippen MR) is 104 cm³/mol. The maximum absolute atomic E-state index is 12.9. The van der Waals surface area contributed by atoms with E-state index in [1.54, 1.807) is 11.7 Å². The summed E-state index contributed by atoms with van der Waals surface area (Å²) in [6.07, 6.45) is 6.16. The Hall–Kier alpha value is -3.53. The molecular formula is C19H21N7O3. The van der Waals surface area contributed by atoms with E-state index in [-0.39, 0.29) is 11.5 Å². The summed E-state index contributed by atoms with van der Waals surface area (Å²) in [4.78, 5) is 34.2. The number of fused-ring (bicyclic) bond motifs is 1. The minimum absolute atomic E-state index is 0.0207. The lowest BCUT2D eigenvalue weighted by atomic mass is 9.96. The van der Waals surface area contributed by atoms with Crippen molar-refractivity contribution in [1.82, 2.24) is 30.5 Å². The van der Waals surface area contributed by atoms with Crippen LogP contribution in [0.3, 0.4) is 0 Å². The topological polar surface area (TPSA) is 136 Å². The number of aromatic amines is 1. The summed E-state index contributed by atoms with van der Waals surface area (Å²) in [6.45, 7) is 2.06. The number of rotatable bonds is 5. The van der Waals surface area contributed by atoms with Crippen molar-refractivity contribution in [2.75, 3.05) is 25.0 Å².